The van der Waals surface area contributed by atoms with Gasteiger partial charge in [-0.25, -0.2) is 0 Å². The maximum Gasteiger partial charge on any atom is 1.00 e. The Hall–Kier alpha value is 1.89. The van der Waals surface area contributed by atoms with E-state index in [0.717, 1.165) is 0 Å². The Morgan fingerprint density at radius 1 is 0.667 bits per heavy atom. The van der Waals surface area contributed by atoms with Gasteiger partial charge in [-0.3, -0.25) is 0 Å². The van der Waals surface area contributed by atoms with Crippen LogP contribution in [-0.4, -0.2) is 32.6 Å². The third-order valence-electron chi connectivity index (χ3n) is 2.18. The van der Waals surface area contributed by atoms with Crippen molar-refractivity contribution in [2.24, 2.45) is 0 Å². The molecule has 0 radical (unpaired) electrons. The van der Waals surface area contributed by atoms with Gasteiger partial charge in [0.2, 0.25) is 0 Å². The van der Waals surface area contributed by atoms with E-state index >= 15 is 0 Å². The van der Waals surface area contributed by atoms with Gasteiger partial charge in [0, 0.05) is 14.6 Å². The molecule has 7 heteroatoms. The molecule has 0 aromatic heterocycles. The summed E-state index contributed by atoms with van der Waals surface area (Å²) >= 11 is 0. The summed E-state index contributed by atoms with van der Waals surface area (Å²) in [6.07, 6.45) is 2.64. The molecule has 0 amide bonds. The van der Waals surface area contributed by atoms with Gasteiger partial charge in [0.05, 0.1) is 0 Å². The first-order valence-electron chi connectivity index (χ1n) is 8.92. The molecule has 0 aromatic carbocycles. The van der Waals surface area contributed by atoms with Crippen LogP contribution in [-0.2, 0) is 0 Å². The smallest absolute Gasteiger partial charge is 1.00 e. The minimum Gasteiger partial charge on any atom is -1.00 e. The van der Waals surface area contributed by atoms with Gasteiger partial charge < -0.3 is 6.07 Å². The van der Waals surface area contributed by atoms with E-state index in [9.17, 15) is 0 Å². The summed E-state index contributed by atoms with van der Waals surface area (Å²) in [4.78, 5) is 0. The zero-order valence-corrected chi connectivity index (χ0v) is 24.3. The zero-order valence-electron chi connectivity index (χ0n) is 21.3. The molecule has 0 aliphatic heterocycles. The van der Waals surface area contributed by atoms with E-state index in [1.807, 2.05) is 0 Å². The summed E-state index contributed by atoms with van der Waals surface area (Å²) in [6, 6.07) is 0. The van der Waals surface area contributed by atoms with Crippen molar-refractivity contribution in [3.05, 3.63) is 11.2 Å². The van der Waals surface area contributed by atoms with E-state index in [1.165, 1.54) is 18.5 Å². The fourth-order valence-corrected chi connectivity index (χ4v) is 22.0. The maximum absolute atomic E-state index is 4.82. The summed E-state index contributed by atoms with van der Waals surface area (Å²) in [6.45, 7) is 34.3. The molecule has 0 atom stereocenters. The van der Waals surface area contributed by atoms with Gasteiger partial charge in [-0.1, -0.05) is 102 Å². The molecule has 0 rings (SSSR count). The maximum atomic E-state index is 4.82. The van der Waals surface area contributed by atoms with Crippen LogP contribution >= 0.6 is 0 Å². The summed E-state index contributed by atoms with van der Waals surface area (Å²) in [5.74, 6) is 0. The molecule has 0 saturated carbocycles. The first kappa shape index (κ1) is 36.8. The van der Waals surface area contributed by atoms with Gasteiger partial charge >= 0.3 is 37.7 Å². The Bertz CT molecular complexity index is 216. The van der Waals surface area contributed by atoms with Crippen LogP contribution in [0.3, 0.4) is 0 Å². The van der Waals surface area contributed by atoms with Crippen molar-refractivity contribution in [1.29, 1.82) is 0 Å². The molecule has 0 heterocycles. The molecule has 0 spiro atoms. The molecule has 138 valence electrons. The molecule has 0 aliphatic rings. The van der Waals surface area contributed by atoms with Crippen molar-refractivity contribution in [3.8, 4) is 0 Å². The predicted molar refractivity (Wildman–Crippen MR) is 123 cm³/mol. The van der Waals surface area contributed by atoms with Crippen molar-refractivity contribution < 1.29 is 39.1 Å². The Labute approximate surface area is 186 Å². The molecule has 24 heavy (non-hydrogen) atoms. The summed E-state index contributed by atoms with van der Waals surface area (Å²) < 4.78 is 4.82. The van der Waals surface area contributed by atoms with E-state index < -0.39 is 32.6 Å². The largest absolute Gasteiger partial charge is 1.00 e. The van der Waals surface area contributed by atoms with Gasteiger partial charge in [0.1, 0.15) is 0 Å². The molecule has 0 fully saturated rings. The Balaban J connectivity index is -0.0000000543. The summed E-state index contributed by atoms with van der Waals surface area (Å²) in [7, 11) is -3.99. The molecule has 0 aromatic rings. The van der Waals surface area contributed by atoms with Gasteiger partial charge in [-0.15, -0.1) is 0 Å². The Morgan fingerprint density at radius 3 is 0.917 bits per heavy atom. The third kappa shape index (κ3) is 56.5. The van der Waals surface area contributed by atoms with Gasteiger partial charge in [-0.05, 0) is 18.8 Å². The van der Waals surface area contributed by atoms with Crippen LogP contribution < -0.4 is 37.7 Å². The van der Waals surface area contributed by atoms with Crippen molar-refractivity contribution in [3.63, 3.8) is 0 Å². The van der Waals surface area contributed by atoms with Crippen molar-refractivity contribution in [1.82, 2.24) is 0 Å². The second kappa shape index (κ2) is 15.9. The Morgan fingerprint density at radius 2 is 0.917 bits per heavy atom. The van der Waals surface area contributed by atoms with E-state index in [-0.39, 0.29) is 39.1 Å². The zero-order chi connectivity index (χ0) is 18.8. The first-order valence-corrected chi connectivity index (χ1v) is 22.9. The number of nitrogens with zero attached hydrogens (tertiary/aromatic N) is 1. The molecular formula is C17H48Li2NSi4+. The van der Waals surface area contributed by atoms with Crippen LogP contribution in [0.4, 0.5) is 0 Å². The van der Waals surface area contributed by atoms with Gasteiger partial charge in [0.25, 0.3) is 8.07 Å². The van der Waals surface area contributed by atoms with Crippen LogP contribution in [0.2, 0.25) is 77.7 Å². The van der Waals surface area contributed by atoms with E-state index in [0.29, 0.717) is 0 Å². The number of rotatable bonds is 5. The van der Waals surface area contributed by atoms with Gasteiger partial charge in [0.15, 0.2) is 0 Å². The standard InChI is InChI=1S/C7H19Si2.C6H18NSi2.C4H10.2Li.H/c2*1-8(2,3)7-9(4,5)6;1-3-4-2;;;/h1,7H2,2-6H3;1-6H3;3-4H2,1-2H3;;;/q+1;-1;;2*+1;-1. The SMILES string of the molecule is CCCC.C[Si](C)(C)[N-][Si](C)(C)C.[CH2+][Si](C)(C)C[Si](C)(C)C.[H-].[Li+].[Li+]. The van der Waals surface area contributed by atoms with Gasteiger partial charge in [-0.2, -0.15) is 0 Å². The molecular weight excluding hydrogens is 344 g/mol. The number of hydrogen-bond donors (Lipinski definition) is 0. The van der Waals surface area contributed by atoms with E-state index in [4.69, 9.17) is 4.65 Å². The normalized spacial score (nSPS) is 11.7. The summed E-state index contributed by atoms with van der Waals surface area (Å²) in [5, 5.41) is 0. The van der Waals surface area contributed by atoms with Crippen LogP contribution in [0.5, 0.6) is 0 Å². The van der Waals surface area contributed by atoms with E-state index in [1.54, 1.807) is 0 Å². The monoisotopic (exact) mass is 392 g/mol. The molecule has 0 aliphatic carbocycles. The molecule has 1 nitrogen and oxygen atoms in total. The van der Waals surface area contributed by atoms with Crippen LogP contribution in [0.25, 0.3) is 4.65 Å². The molecule has 0 saturated heterocycles. The average Bonchev–Trinajstić information content (AvgIpc) is 2.06. The molecule has 0 bridgehead atoms. The second-order valence-corrected chi connectivity index (χ2v) is 30.8. The molecule has 0 N–H and O–H groups in total. The van der Waals surface area contributed by atoms with E-state index in [2.05, 4.69) is 92.4 Å². The quantitative estimate of drug-likeness (QED) is 0.501. The predicted octanol–water partition coefficient (Wildman–Crippen LogP) is 1.90. The third-order valence-corrected chi connectivity index (χ3v) is 15.6. The minimum absolute atomic E-state index is 0. The second-order valence-electron chi connectivity index (χ2n) is 10.4. The van der Waals surface area contributed by atoms with Crippen LogP contribution in [0.1, 0.15) is 28.1 Å². The minimum atomic E-state index is -1.11. The fraction of sp³-hybridized carbons (Fsp3) is 0.941. The topological polar surface area (TPSA) is 14.1 Å². The van der Waals surface area contributed by atoms with Crippen LogP contribution in [0, 0.1) is 6.55 Å². The average molecular weight is 393 g/mol. The fourth-order valence-electron chi connectivity index (χ4n) is 2.44. The first-order chi connectivity index (χ1) is 9.33. The summed E-state index contributed by atoms with van der Waals surface area (Å²) in [5.41, 5.74) is 1.46. The molecule has 0 unspecified atom stereocenters. The van der Waals surface area contributed by atoms with Crippen molar-refractivity contribution in [2.45, 2.75) is 104 Å². The van der Waals surface area contributed by atoms with Crippen molar-refractivity contribution in [2.75, 3.05) is 0 Å². The number of hydrogen-bond acceptors (Lipinski definition) is 0. The number of unbranched alkanes of at least 4 members (excludes halogenated alkanes) is 1. The Kier molecular flexibility index (Phi) is 24.4. The van der Waals surface area contributed by atoms with Crippen molar-refractivity contribution >= 4 is 32.6 Å². The van der Waals surface area contributed by atoms with Crippen LogP contribution in [0.15, 0.2) is 0 Å².